The van der Waals surface area contributed by atoms with Crippen LogP contribution in [0.25, 0.3) is 11.1 Å². The minimum absolute atomic E-state index is 0.255. The predicted octanol–water partition coefficient (Wildman–Crippen LogP) is 6.00. The Bertz CT molecular complexity index is 1260. The van der Waals surface area contributed by atoms with Crippen LogP contribution in [0.15, 0.2) is 89.6 Å². The molecule has 3 N–H and O–H groups in total. The van der Waals surface area contributed by atoms with Crippen LogP contribution in [0.3, 0.4) is 0 Å². The van der Waals surface area contributed by atoms with Gasteiger partial charge in [0.05, 0.1) is 17.5 Å². The second-order valence-corrected chi connectivity index (χ2v) is 10.6. The van der Waals surface area contributed by atoms with Crippen LogP contribution in [-0.2, 0) is 15.3 Å². The molecule has 32 heavy (non-hydrogen) atoms. The number of hydrogen-bond acceptors (Lipinski definition) is 5. The van der Waals surface area contributed by atoms with Crippen LogP contribution >= 0.6 is 18.7 Å². The van der Waals surface area contributed by atoms with Crippen molar-refractivity contribution in [2.24, 2.45) is 0 Å². The average molecular weight is 463 g/mol. The first-order valence-electron chi connectivity index (χ1n) is 10.0. The zero-order chi connectivity index (χ0) is 22.6. The highest BCUT2D eigenvalue weighted by molar-refractivity contribution is 7.66. The van der Waals surface area contributed by atoms with Gasteiger partial charge in [-0.1, -0.05) is 36.4 Å². The Morgan fingerprint density at radius 3 is 2.41 bits per heavy atom. The van der Waals surface area contributed by atoms with Crippen molar-refractivity contribution in [3.8, 4) is 11.1 Å². The van der Waals surface area contributed by atoms with Crippen LogP contribution in [0, 0.1) is 0 Å². The van der Waals surface area contributed by atoms with E-state index in [1.807, 2.05) is 47.2 Å². The molecule has 1 heterocycles. The lowest BCUT2D eigenvalue weighted by molar-refractivity contribution is 0.102. The van der Waals surface area contributed by atoms with Gasteiger partial charge in [-0.25, -0.2) is 0 Å². The van der Waals surface area contributed by atoms with E-state index in [0.29, 0.717) is 22.2 Å². The molecule has 0 aliphatic rings. The van der Waals surface area contributed by atoms with E-state index in [4.69, 9.17) is 10.3 Å². The third kappa shape index (κ3) is 4.83. The van der Waals surface area contributed by atoms with Crippen LogP contribution < -0.4 is 16.4 Å². The normalized spacial score (nSPS) is 12.8. The van der Waals surface area contributed by atoms with Gasteiger partial charge < -0.3 is 15.6 Å². The van der Waals surface area contributed by atoms with E-state index < -0.39 is 7.37 Å². The molecule has 1 atom stereocenters. The van der Waals surface area contributed by atoms with Gasteiger partial charge in [-0.05, 0) is 69.9 Å². The highest BCUT2D eigenvalue weighted by atomic mass is 32.1. The van der Waals surface area contributed by atoms with Gasteiger partial charge in [0.1, 0.15) is 0 Å². The topological polar surface area (TPSA) is 81.4 Å². The smallest absolute Gasteiger partial charge is 0.255 e. The zero-order valence-electron chi connectivity index (χ0n) is 17.5. The van der Waals surface area contributed by atoms with Crippen molar-refractivity contribution >= 4 is 41.3 Å². The van der Waals surface area contributed by atoms with Crippen molar-refractivity contribution < 1.29 is 13.9 Å². The van der Waals surface area contributed by atoms with Crippen LogP contribution in [0.5, 0.6) is 0 Å². The molecule has 4 rings (SSSR count). The summed E-state index contributed by atoms with van der Waals surface area (Å²) in [5.41, 5.74) is 10.5. The summed E-state index contributed by atoms with van der Waals surface area (Å²) in [6.45, 7) is 0. The lowest BCUT2D eigenvalue weighted by Crippen LogP contribution is -2.13. The maximum Gasteiger partial charge on any atom is 0.255 e. The maximum atomic E-state index is 13.3. The number of carbonyl (C=O) groups is 1. The summed E-state index contributed by atoms with van der Waals surface area (Å²) in [6, 6.07) is 23.8. The van der Waals surface area contributed by atoms with E-state index in [1.54, 1.807) is 53.8 Å². The van der Waals surface area contributed by atoms with Gasteiger partial charge in [0.25, 0.3) is 5.91 Å². The molecular weight excluding hydrogens is 439 g/mol. The first-order valence-corrected chi connectivity index (χ1v) is 12.8. The standard InChI is InChI=1S/C25H23N2O3PS/c1-30-31(29,22-5-3-2-4-6-22)16-18-7-9-19(10-8-18)25(28)27-24-15-20(11-12-23(24)26)21-13-14-32-17-21/h2-15,17H,16,26H2,1H3,(H,27,28). The molecule has 0 fully saturated rings. The van der Waals surface area contributed by atoms with E-state index in [-0.39, 0.29) is 12.1 Å². The van der Waals surface area contributed by atoms with Gasteiger partial charge in [0, 0.05) is 18.0 Å². The molecule has 1 amide bonds. The molecule has 0 aliphatic carbocycles. The summed E-state index contributed by atoms with van der Waals surface area (Å²) in [6.07, 6.45) is 0.255. The molecule has 162 valence electrons. The van der Waals surface area contributed by atoms with Crippen molar-refractivity contribution in [2.45, 2.75) is 6.16 Å². The monoisotopic (exact) mass is 462 g/mol. The molecule has 1 unspecified atom stereocenters. The van der Waals surface area contributed by atoms with Crippen LogP contribution in [0.4, 0.5) is 11.4 Å². The fourth-order valence-corrected chi connectivity index (χ4v) is 5.89. The SMILES string of the molecule is COP(=O)(Cc1ccc(C(=O)Nc2cc(-c3ccsc3)ccc2N)cc1)c1ccccc1. The summed E-state index contributed by atoms with van der Waals surface area (Å²) in [5.74, 6) is -0.260. The number of nitrogens with one attached hydrogen (secondary N) is 1. The number of nitrogen functional groups attached to an aromatic ring is 1. The molecule has 4 aromatic rings. The number of rotatable bonds is 7. The van der Waals surface area contributed by atoms with E-state index >= 15 is 0 Å². The predicted molar refractivity (Wildman–Crippen MR) is 133 cm³/mol. The number of carbonyl (C=O) groups excluding carboxylic acids is 1. The van der Waals surface area contributed by atoms with Gasteiger partial charge in [0.2, 0.25) is 7.37 Å². The Balaban J connectivity index is 1.49. The quantitative estimate of drug-likeness (QED) is 0.261. The van der Waals surface area contributed by atoms with Crippen molar-refractivity contribution in [1.29, 1.82) is 0 Å². The second-order valence-electron chi connectivity index (χ2n) is 7.31. The van der Waals surface area contributed by atoms with E-state index in [1.165, 1.54) is 7.11 Å². The van der Waals surface area contributed by atoms with Gasteiger partial charge in [0.15, 0.2) is 0 Å². The molecule has 0 bridgehead atoms. The molecule has 5 nitrogen and oxygen atoms in total. The summed E-state index contributed by atoms with van der Waals surface area (Å²) in [5, 5.41) is 7.62. The van der Waals surface area contributed by atoms with E-state index in [9.17, 15) is 9.36 Å². The maximum absolute atomic E-state index is 13.3. The first kappa shape index (κ1) is 22.0. The fraction of sp³-hybridized carbons (Fsp3) is 0.0800. The zero-order valence-corrected chi connectivity index (χ0v) is 19.2. The summed E-state index contributed by atoms with van der Waals surface area (Å²) >= 11 is 1.61. The van der Waals surface area contributed by atoms with Crippen molar-refractivity contribution in [3.63, 3.8) is 0 Å². The van der Waals surface area contributed by atoms with Gasteiger partial charge in [-0.15, -0.1) is 0 Å². The molecule has 0 saturated carbocycles. The third-order valence-electron chi connectivity index (χ3n) is 5.21. The molecule has 3 aromatic carbocycles. The minimum Gasteiger partial charge on any atom is -0.397 e. The fourth-order valence-electron chi connectivity index (χ4n) is 3.39. The summed E-state index contributed by atoms with van der Waals surface area (Å²) in [4.78, 5) is 12.8. The van der Waals surface area contributed by atoms with Crippen LogP contribution in [-0.4, -0.2) is 13.0 Å². The largest absolute Gasteiger partial charge is 0.397 e. The van der Waals surface area contributed by atoms with Crippen molar-refractivity contribution in [3.05, 3.63) is 101 Å². The van der Waals surface area contributed by atoms with Crippen molar-refractivity contribution in [1.82, 2.24) is 0 Å². The lowest BCUT2D eigenvalue weighted by Gasteiger charge is -2.17. The highest BCUT2D eigenvalue weighted by Gasteiger charge is 2.24. The Hall–Kier alpha value is -3.18. The van der Waals surface area contributed by atoms with Gasteiger partial charge in [-0.3, -0.25) is 9.36 Å². The molecule has 0 aliphatic heterocycles. The van der Waals surface area contributed by atoms with E-state index in [0.717, 1.165) is 16.7 Å². The molecular formula is C25H23N2O3PS. The Labute approximate surface area is 191 Å². The number of anilines is 2. The summed E-state index contributed by atoms with van der Waals surface area (Å²) in [7, 11) is -1.56. The first-order chi connectivity index (χ1) is 15.5. The molecule has 7 heteroatoms. The molecule has 0 spiro atoms. The Morgan fingerprint density at radius 2 is 1.75 bits per heavy atom. The lowest BCUT2D eigenvalue weighted by atomic mass is 10.1. The Morgan fingerprint density at radius 1 is 1.00 bits per heavy atom. The van der Waals surface area contributed by atoms with Crippen LogP contribution in [0.2, 0.25) is 0 Å². The second kappa shape index (κ2) is 9.53. The van der Waals surface area contributed by atoms with Crippen LogP contribution in [0.1, 0.15) is 15.9 Å². The van der Waals surface area contributed by atoms with E-state index in [2.05, 4.69) is 5.32 Å². The molecule has 0 radical (unpaired) electrons. The number of amides is 1. The third-order valence-corrected chi connectivity index (χ3v) is 8.35. The Kier molecular flexibility index (Phi) is 6.56. The van der Waals surface area contributed by atoms with Gasteiger partial charge >= 0.3 is 0 Å². The summed E-state index contributed by atoms with van der Waals surface area (Å²) < 4.78 is 18.7. The number of hydrogen-bond donors (Lipinski definition) is 2. The number of benzene rings is 3. The minimum atomic E-state index is -3.02. The van der Waals surface area contributed by atoms with Gasteiger partial charge in [-0.2, -0.15) is 11.3 Å². The highest BCUT2D eigenvalue weighted by Crippen LogP contribution is 2.48. The number of nitrogens with two attached hydrogens (primary N) is 1. The van der Waals surface area contributed by atoms with Crippen molar-refractivity contribution in [2.75, 3.05) is 18.2 Å². The molecule has 1 aromatic heterocycles. The number of thiophene rings is 1. The molecule has 0 saturated heterocycles. The average Bonchev–Trinajstić information content (AvgIpc) is 3.36.